The number of carbonyl (C=O) groups is 1. The maximum Gasteiger partial charge on any atom is 0.325 e. The molecule has 2 aliphatic heterocycles. The van der Waals surface area contributed by atoms with E-state index in [1.165, 1.54) is 12.0 Å². The summed E-state index contributed by atoms with van der Waals surface area (Å²) in [4.78, 5) is 23.8. The number of ether oxygens (including phenoxy) is 1. The van der Waals surface area contributed by atoms with E-state index in [4.69, 9.17) is 14.8 Å². The molecule has 9 nitrogen and oxygen atoms in total. The third kappa shape index (κ3) is 5.79. The molecule has 5 rings (SSSR count). The molecule has 1 saturated heterocycles. The number of nitrogens with one attached hydrogen (secondary N) is 1. The standard InChI is InChI=1S/C30H42N6O3/c1-19-25-20(2)34-36(30(3,4)5)26(25)24(16-32-19)27(29(37)38)35-17-23(18-35)39-15-8-6-7-11-22-13-12-21-10-9-14-31-28(21)33-22/h12-13,16,23,27H,6-11,14-15,17-18H2,1-5H3,(H,31,33)(H,37,38). The summed E-state index contributed by atoms with van der Waals surface area (Å²) in [5, 5.41) is 19.4. The molecule has 0 aromatic carbocycles. The Balaban J connectivity index is 1.13. The Hall–Kier alpha value is -3.04. The van der Waals surface area contributed by atoms with Crippen LogP contribution in [-0.2, 0) is 27.9 Å². The molecular formula is C30H42N6O3. The van der Waals surface area contributed by atoms with Crippen molar-refractivity contribution in [1.29, 1.82) is 0 Å². The van der Waals surface area contributed by atoms with Gasteiger partial charge >= 0.3 is 5.97 Å². The molecule has 39 heavy (non-hydrogen) atoms. The molecule has 9 heteroatoms. The molecule has 0 radical (unpaired) electrons. The fourth-order valence-corrected chi connectivity index (χ4v) is 5.82. The number of anilines is 1. The van der Waals surface area contributed by atoms with Crippen molar-refractivity contribution in [2.24, 2.45) is 0 Å². The SMILES string of the molecule is Cc1ncc(C(C(=O)O)N2CC(OCCCCCc3ccc4c(n3)NCCC4)C2)c2c1c(C)nn2C(C)(C)C. The number of aryl methyl sites for hydroxylation is 4. The van der Waals surface area contributed by atoms with E-state index in [1.54, 1.807) is 6.20 Å². The summed E-state index contributed by atoms with van der Waals surface area (Å²) < 4.78 is 8.06. The van der Waals surface area contributed by atoms with E-state index in [1.807, 2.05) is 23.4 Å². The minimum atomic E-state index is -0.870. The van der Waals surface area contributed by atoms with Crippen LogP contribution in [0.3, 0.4) is 0 Å². The number of rotatable bonds is 10. The van der Waals surface area contributed by atoms with Gasteiger partial charge in [0.1, 0.15) is 11.9 Å². The van der Waals surface area contributed by atoms with E-state index in [0.717, 1.165) is 72.5 Å². The van der Waals surface area contributed by atoms with Gasteiger partial charge in [-0.25, -0.2) is 4.98 Å². The van der Waals surface area contributed by atoms with Crippen molar-refractivity contribution in [2.75, 3.05) is 31.6 Å². The largest absolute Gasteiger partial charge is 0.480 e. The Labute approximate surface area is 231 Å². The molecule has 0 amide bonds. The number of unbranched alkanes of at least 4 members (excludes halogenated alkanes) is 2. The number of pyridine rings is 2. The summed E-state index contributed by atoms with van der Waals surface area (Å²) in [7, 11) is 0. The number of aliphatic carboxylic acids is 1. The third-order valence-electron chi connectivity index (χ3n) is 7.88. The average Bonchev–Trinajstić information content (AvgIpc) is 3.23. The molecular weight excluding hydrogens is 492 g/mol. The number of carboxylic acids is 1. The molecule has 0 bridgehead atoms. The number of likely N-dealkylation sites (tertiary alicyclic amines) is 1. The van der Waals surface area contributed by atoms with E-state index < -0.39 is 12.0 Å². The van der Waals surface area contributed by atoms with Crippen molar-refractivity contribution in [1.82, 2.24) is 24.6 Å². The van der Waals surface area contributed by atoms with Crippen molar-refractivity contribution in [2.45, 2.75) is 90.8 Å². The highest BCUT2D eigenvalue weighted by Gasteiger charge is 2.40. The predicted octanol–water partition coefficient (Wildman–Crippen LogP) is 4.80. The van der Waals surface area contributed by atoms with E-state index >= 15 is 0 Å². The normalized spacial score (nSPS) is 17.1. The second kappa shape index (κ2) is 11.2. The quantitative estimate of drug-likeness (QED) is 0.358. The summed E-state index contributed by atoms with van der Waals surface area (Å²) in [5.41, 5.74) is 5.51. The number of aromatic nitrogens is 4. The Morgan fingerprint density at radius 1 is 1.18 bits per heavy atom. The van der Waals surface area contributed by atoms with Crippen molar-refractivity contribution in [3.63, 3.8) is 0 Å². The summed E-state index contributed by atoms with van der Waals surface area (Å²) in [5.74, 6) is 0.196. The lowest BCUT2D eigenvalue weighted by molar-refractivity contribution is -0.150. The lowest BCUT2D eigenvalue weighted by Gasteiger charge is -2.42. The molecule has 5 heterocycles. The lowest BCUT2D eigenvalue weighted by atomic mass is 9.98. The monoisotopic (exact) mass is 534 g/mol. The van der Waals surface area contributed by atoms with E-state index in [-0.39, 0.29) is 11.6 Å². The number of carboxylic acid groups (broad SMARTS) is 1. The Bertz CT molecular complexity index is 1340. The maximum absolute atomic E-state index is 12.5. The highest BCUT2D eigenvalue weighted by atomic mass is 16.5. The first kappa shape index (κ1) is 27.5. The molecule has 0 saturated carbocycles. The van der Waals surface area contributed by atoms with E-state index in [9.17, 15) is 9.90 Å². The fourth-order valence-electron chi connectivity index (χ4n) is 5.82. The van der Waals surface area contributed by atoms with Crippen molar-refractivity contribution in [3.05, 3.63) is 46.5 Å². The predicted molar refractivity (Wildman–Crippen MR) is 152 cm³/mol. The van der Waals surface area contributed by atoms with Crippen LogP contribution in [0.15, 0.2) is 18.3 Å². The molecule has 2 N–H and O–H groups in total. The minimum Gasteiger partial charge on any atom is -0.480 e. The molecule has 3 aromatic rings. The zero-order chi connectivity index (χ0) is 27.7. The smallest absolute Gasteiger partial charge is 0.325 e. The number of fused-ring (bicyclic) bond motifs is 2. The summed E-state index contributed by atoms with van der Waals surface area (Å²) in [6.07, 6.45) is 8.23. The van der Waals surface area contributed by atoms with Gasteiger partial charge < -0.3 is 15.2 Å². The van der Waals surface area contributed by atoms with Crippen LogP contribution in [0.4, 0.5) is 5.82 Å². The van der Waals surface area contributed by atoms with Crippen molar-refractivity contribution < 1.29 is 14.6 Å². The fraction of sp³-hybridized carbons (Fsp3) is 0.600. The zero-order valence-electron chi connectivity index (χ0n) is 24.0. The summed E-state index contributed by atoms with van der Waals surface area (Å²) in [6, 6.07) is 3.60. The highest BCUT2D eigenvalue weighted by Crippen LogP contribution is 2.36. The number of hydrogen-bond acceptors (Lipinski definition) is 7. The van der Waals surface area contributed by atoms with Crippen LogP contribution < -0.4 is 5.32 Å². The van der Waals surface area contributed by atoms with Gasteiger partial charge in [-0.05, 0) is 78.4 Å². The van der Waals surface area contributed by atoms with Gasteiger partial charge in [-0.1, -0.05) is 12.5 Å². The van der Waals surface area contributed by atoms with Crippen LogP contribution in [0.5, 0.6) is 0 Å². The molecule has 2 aliphatic rings. The molecule has 3 aromatic heterocycles. The van der Waals surface area contributed by atoms with Crippen LogP contribution in [0, 0.1) is 13.8 Å². The van der Waals surface area contributed by atoms with Gasteiger partial charge in [-0.2, -0.15) is 5.10 Å². The van der Waals surface area contributed by atoms with Crippen molar-refractivity contribution in [3.8, 4) is 0 Å². The van der Waals surface area contributed by atoms with Gasteiger partial charge in [0.15, 0.2) is 0 Å². The maximum atomic E-state index is 12.5. The van der Waals surface area contributed by atoms with Gasteiger partial charge in [0, 0.05) is 54.8 Å². The number of nitrogens with zero attached hydrogens (tertiary/aromatic N) is 5. The molecule has 1 atom stereocenters. The first-order chi connectivity index (χ1) is 18.6. The minimum absolute atomic E-state index is 0.0587. The molecule has 0 aliphatic carbocycles. The highest BCUT2D eigenvalue weighted by molar-refractivity contribution is 5.91. The third-order valence-corrected chi connectivity index (χ3v) is 7.88. The Morgan fingerprint density at radius 3 is 2.72 bits per heavy atom. The van der Waals surface area contributed by atoms with Gasteiger partial charge in [-0.15, -0.1) is 0 Å². The Kier molecular flexibility index (Phi) is 7.91. The topological polar surface area (TPSA) is 105 Å². The molecule has 0 spiro atoms. The van der Waals surface area contributed by atoms with Crippen LogP contribution in [-0.4, -0.2) is 68.1 Å². The molecule has 1 fully saturated rings. The second-order valence-electron chi connectivity index (χ2n) is 12.0. The van der Waals surface area contributed by atoms with Crippen LogP contribution in [0.1, 0.15) is 80.7 Å². The van der Waals surface area contributed by atoms with E-state index in [2.05, 4.69) is 43.2 Å². The van der Waals surface area contributed by atoms with Crippen molar-refractivity contribution >= 4 is 22.7 Å². The van der Waals surface area contributed by atoms with Gasteiger partial charge in [0.2, 0.25) is 0 Å². The second-order valence-corrected chi connectivity index (χ2v) is 12.0. The van der Waals surface area contributed by atoms with Gasteiger partial charge in [0.05, 0.1) is 22.9 Å². The lowest BCUT2D eigenvalue weighted by Crippen LogP contribution is -2.55. The van der Waals surface area contributed by atoms with Crippen LogP contribution >= 0.6 is 0 Å². The average molecular weight is 535 g/mol. The van der Waals surface area contributed by atoms with Crippen LogP contribution in [0.25, 0.3) is 10.9 Å². The van der Waals surface area contributed by atoms with Gasteiger partial charge in [0.25, 0.3) is 0 Å². The zero-order valence-corrected chi connectivity index (χ0v) is 24.0. The molecule has 210 valence electrons. The first-order valence-corrected chi connectivity index (χ1v) is 14.3. The number of hydrogen-bond donors (Lipinski definition) is 2. The van der Waals surface area contributed by atoms with Gasteiger partial charge in [-0.3, -0.25) is 19.4 Å². The molecule has 1 unspecified atom stereocenters. The van der Waals surface area contributed by atoms with Crippen LogP contribution in [0.2, 0.25) is 0 Å². The van der Waals surface area contributed by atoms with E-state index in [0.29, 0.717) is 25.3 Å². The first-order valence-electron chi connectivity index (χ1n) is 14.3. The summed E-state index contributed by atoms with van der Waals surface area (Å²) >= 11 is 0. The summed E-state index contributed by atoms with van der Waals surface area (Å²) in [6.45, 7) is 13.1. The Morgan fingerprint density at radius 2 is 1.97 bits per heavy atom.